The van der Waals surface area contributed by atoms with Crippen LogP contribution in [0.1, 0.15) is 26.6 Å². The van der Waals surface area contributed by atoms with Crippen molar-refractivity contribution in [2.24, 2.45) is 0 Å². The number of halogens is 1. The minimum atomic E-state index is -0.585. The van der Waals surface area contributed by atoms with Crippen LogP contribution in [0, 0.1) is 0 Å². The summed E-state index contributed by atoms with van der Waals surface area (Å²) in [6, 6.07) is 5.65. The molecular weight excluding hydrogens is 376 g/mol. The Kier molecular flexibility index (Phi) is 4.08. The molecule has 2 heterocycles. The number of nitrogens with zero attached hydrogens (tertiary/aromatic N) is 1. The van der Waals surface area contributed by atoms with Gasteiger partial charge < -0.3 is 20.0 Å². The lowest BCUT2D eigenvalue weighted by Crippen LogP contribution is -2.33. The van der Waals surface area contributed by atoms with Crippen LogP contribution in [-0.4, -0.2) is 26.6 Å². The van der Waals surface area contributed by atoms with Gasteiger partial charge in [-0.05, 0) is 39.0 Å². The number of hydrogen-bond donors (Lipinski definition) is 3. The Balaban J connectivity index is 1.92. The van der Waals surface area contributed by atoms with Crippen molar-refractivity contribution in [2.75, 3.05) is 0 Å². The Morgan fingerprint density at radius 2 is 2.08 bits per heavy atom. The molecule has 2 aromatic heterocycles. The van der Waals surface area contributed by atoms with Gasteiger partial charge in [0.2, 0.25) is 0 Å². The summed E-state index contributed by atoms with van der Waals surface area (Å²) >= 11 is 3.42. The lowest BCUT2D eigenvalue weighted by atomic mass is 10.2. The number of aromatic nitrogens is 3. The summed E-state index contributed by atoms with van der Waals surface area (Å²) in [6.45, 7) is 5.41. The van der Waals surface area contributed by atoms with Crippen LogP contribution in [0.5, 0.6) is 0 Å². The summed E-state index contributed by atoms with van der Waals surface area (Å²) in [5, 5.41) is 3.42. The SMILES string of the molecule is CC(C)(C)OC(=O)NCc1nc2c([nH]c3ccc(Br)cc32)c(=O)[nH]1. The highest BCUT2D eigenvalue weighted by molar-refractivity contribution is 9.10. The highest BCUT2D eigenvalue weighted by atomic mass is 79.9. The lowest BCUT2D eigenvalue weighted by molar-refractivity contribution is 0.0522. The van der Waals surface area contributed by atoms with Gasteiger partial charge in [0, 0.05) is 15.4 Å². The quantitative estimate of drug-likeness (QED) is 0.623. The molecule has 3 N–H and O–H groups in total. The Hall–Kier alpha value is -2.35. The average Bonchev–Trinajstić information content (AvgIpc) is 2.82. The number of aromatic amines is 2. The molecule has 0 aliphatic heterocycles. The van der Waals surface area contributed by atoms with Crippen LogP contribution in [0.4, 0.5) is 4.79 Å². The Morgan fingerprint density at radius 3 is 2.79 bits per heavy atom. The van der Waals surface area contributed by atoms with E-state index in [0.717, 1.165) is 15.4 Å². The van der Waals surface area contributed by atoms with Gasteiger partial charge in [0.1, 0.15) is 22.5 Å². The standard InChI is InChI=1S/C16H17BrN4O3/c1-16(2,3)24-15(23)18-7-11-20-12-9-6-8(17)4-5-10(9)19-13(12)14(22)21-11/h4-6,19H,7H2,1-3H3,(H,18,23)(H,20,21,22). The zero-order chi connectivity index (χ0) is 17.5. The van der Waals surface area contributed by atoms with Crippen molar-refractivity contribution in [3.05, 3.63) is 38.9 Å². The smallest absolute Gasteiger partial charge is 0.408 e. The van der Waals surface area contributed by atoms with E-state index in [1.807, 2.05) is 18.2 Å². The van der Waals surface area contributed by atoms with Crippen LogP contribution >= 0.6 is 15.9 Å². The van der Waals surface area contributed by atoms with E-state index in [4.69, 9.17) is 4.74 Å². The normalized spacial score (nSPS) is 11.8. The van der Waals surface area contributed by atoms with Gasteiger partial charge >= 0.3 is 6.09 Å². The van der Waals surface area contributed by atoms with Crippen molar-refractivity contribution >= 4 is 44.0 Å². The molecule has 1 amide bonds. The number of carbonyl (C=O) groups excluding carboxylic acids is 1. The van der Waals surface area contributed by atoms with Crippen molar-refractivity contribution in [3.63, 3.8) is 0 Å². The van der Waals surface area contributed by atoms with Crippen molar-refractivity contribution in [1.82, 2.24) is 20.3 Å². The third-order valence-electron chi connectivity index (χ3n) is 3.26. The van der Waals surface area contributed by atoms with E-state index in [2.05, 4.69) is 36.2 Å². The molecule has 8 heteroatoms. The number of amides is 1. The summed E-state index contributed by atoms with van der Waals surface area (Å²) in [7, 11) is 0. The van der Waals surface area contributed by atoms with E-state index in [9.17, 15) is 9.59 Å². The molecule has 0 atom stereocenters. The zero-order valence-corrected chi connectivity index (χ0v) is 15.1. The molecule has 0 saturated heterocycles. The van der Waals surface area contributed by atoms with E-state index >= 15 is 0 Å². The number of carbonyl (C=O) groups is 1. The maximum absolute atomic E-state index is 12.2. The fourth-order valence-corrected chi connectivity index (χ4v) is 2.70. The number of fused-ring (bicyclic) bond motifs is 3. The maximum Gasteiger partial charge on any atom is 0.408 e. The highest BCUT2D eigenvalue weighted by Gasteiger charge is 2.16. The summed E-state index contributed by atoms with van der Waals surface area (Å²) in [4.78, 5) is 34.1. The minimum absolute atomic E-state index is 0.0702. The van der Waals surface area contributed by atoms with Crippen molar-refractivity contribution in [3.8, 4) is 0 Å². The monoisotopic (exact) mass is 392 g/mol. The van der Waals surface area contributed by atoms with Gasteiger partial charge in [0.15, 0.2) is 0 Å². The summed E-state index contributed by atoms with van der Waals surface area (Å²) in [6.07, 6.45) is -0.563. The number of hydrogen-bond acceptors (Lipinski definition) is 4. The number of nitrogens with one attached hydrogen (secondary N) is 3. The molecule has 3 rings (SSSR count). The number of H-pyrrole nitrogens is 2. The molecule has 0 bridgehead atoms. The molecule has 24 heavy (non-hydrogen) atoms. The van der Waals surface area contributed by atoms with E-state index in [1.54, 1.807) is 20.8 Å². The largest absolute Gasteiger partial charge is 0.444 e. The summed E-state index contributed by atoms with van der Waals surface area (Å²) in [5.74, 6) is 0.360. The van der Waals surface area contributed by atoms with Crippen molar-refractivity contribution in [1.29, 1.82) is 0 Å². The van der Waals surface area contributed by atoms with E-state index in [-0.39, 0.29) is 12.1 Å². The molecule has 126 valence electrons. The minimum Gasteiger partial charge on any atom is -0.444 e. The molecular formula is C16H17BrN4O3. The second kappa shape index (κ2) is 5.94. The van der Waals surface area contributed by atoms with Crippen LogP contribution in [0.3, 0.4) is 0 Å². The summed E-state index contributed by atoms with van der Waals surface area (Å²) < 4.78 is 6.06. The van der Waals surface area contributed by atoms with E-state index < -0.39 is 11.7 Å². The molecule has 0 aliphatic rings. The van der Waals surface area contributed by atoms with Gasteiger partial charge in [0.25, 0.3) is 5.56 Å². The van der Waals surface area contributed by atoms with Crippen molar-refractivity contribution < 1.29 is 9.53 Å². The van der Waals surface area contributed by atoms with Crippen LogP contribution in [-0.2, 0) is 11.3 Å². The van der Waals surface area contributed by atoms with Crippen LogP contribution in [0.25, 0.3) is 21.9 Å². The predicted octanol–water partition coefficient (Wildman–Crippen LogP) is 3.19. The molecule has 3 aromatic rings. The third kappa shape index (κ3) is 3.43. The average molecular weight is 393 g/mol. The molecule has 0 spiro atoms. The van der Waals surface area contributed by atoms with Crippen LogP contribution in [0.2, 0.25) is 0 Å². The Morgan fingerprint density at radius 1 is 1.33 bits per heavy atom. The maximum atomic E-state index is 12.2. The molecule has 0 fully saturated rings. The van der Waals surface area contributed by atoms with Crippen LogP contribution in [0.15, 0.2) is 27.5 Å². The second-order valence-corrected chi connectivity index (χ2v) is 7.32. The molecule has 0 radical (unpaired) electrons. The number of benzene rings is 1. The first-order chi connectivity index (χ1) is 11.2. The highest BCUT2D eigenvalue weighted by Crippen LogP contribution is 2.24. The third-order valence-corrected chi connectivity index (χ3v) is 3.76. The first-order valence-electron chi connectivity index (χ1n) is 7.40. The Labute approximate surface area is 145 Å². The van der Waals surface area contributed by atoms with Crippen molar-refractivity contribution in [2.45, 2.75) is 32.9 Å². The first-order valence-corrected chi connectivity index (χ1v) is 8.19. The molecule has 0 saturated carbocycles. The first kappa shape index (κ1) is 16.5. The fraction of sp³-hybridized carbons (Fsp3) is 0.312. The van der Waals surface area contributed by atoms with Gasteiger partial charge in [-0.25, -0.2) is 9.78 Å². The van der Waals surface area contributed by atoms with Gasteiger partial charge in [-0.3, -0.25) is 4.79 Å². The van der Waals surface area contributed by atoms with E-state index in [1.165, 1.54) is 0 Å². The number of rotatable bonds is 2. The fourth-order valence-electron chi connectivity index (χ4n) is 2.34. The molecule has 7 nitrogen and oxygen atoms in total. The summed E-state index contributed by atoms with van der Waals surface area (Å²) in [5.41, 5.74) is 0.926. The van der Waals surface area contributed by atoms with Gasteiger partial charge in [-0.1, -0.05) is 15.9 Å². The number of ether oxygens (including phenoxy) is 1. The lowest BCUT2D eigenvalue weighted by Gasteiger charge is -2.19. The van der Waals surface area contributed by atoms with Gasteiger partial charge in [-0.2, -0.15) is 0 Å². The zero-order valence-electron chi connectivity index (χ0n) is 13.5. The van der Waals surface area contributed by atoms with Gasteiger partial charge in [0.05, 0.1) is 6.54 Å². The molecule has 1 aromatic carbocycles. The van der Waals surface area contributed by atoms with Gasteiger partial charge in [-0.15, -0.1) is 0 Å². The topological polar surface area (TPSA) is 99.9 Å². The number of alkyl carbamates (subject to hydrolysis) is 1. The predicted molar refractivity (Wildman–Crippen MR) is 95.0 cm³/mol. The Bertz CT molecular complexity index is 985. The molecule has 0 aliphatic carbocycles. The van der Waals surface area contributed by atoms with Crippen LogP contribution < -0.4 is 10.9 Å². The molecule has 0 unspecified atom stereocenters. The van der Waals surface area contributed by atoms with E-state index in [0.29, 0.717) is 16.9 Å². The second-order valence-electron chi connectivity index (χ2n) is 6.41.